The second-order valence-corrected chi connectivity index (χ2v) is 7.37. The number of benzene rings is 1. The van der Waals surface area contributed by atoms with E-state index in [9.17, 15) is 0 Å². The number of piperidine rings is 1. The van der Waals surface area contributed by atoms with Crippen molar-refractivity contribution in [2.24, 2.45) is 0 Å². The highest BCUT2D eigenvalue weighted by molar-refractivity contribution is 7.99. The Hall–Kier alpha value is -0.510. The van der Waals surface area contributed by atoms with Crippen LogP contribution in [0.3, 0.4) is 0 Å². The minimum atomic E-state index is 0.852. The minimum Gasteiger partial charge on any atom is -0.299 e. The van der Waals surface area contributed by atoms with E-state index in [0.29, 0.717) is 0 Å². The SMILES string of the molecule is Cc1ccc(CN2CCC(N3CCSCC3)CC2)cc1. The van der Waals surface area contributed by atoms with Crippen LogP contribution in [-0.4, -0.2) is 53.5 Å². The summed E-state index contributed by atoms with van der Waals surface area (Å²) in [4.78, 5) is 5.36. The van der Waals surface area contributed by atoms with E-state index < -0.39 is 0 Å². The third kappa shape index (κ3) is 3.78. The Morgan fingerprint density at radius 1 is 1.00 bits per heavy atom. The molecule has 110 valence electrons. The molecule has 0 saturated carbocycles. The van der Waals surface area contributed by atoms with E-state index in [4.69, 9.17) is 0 Å². The monoisotopic (exact) mass is 290 g/mol. The van der Waals surface area contributed by atoms with Gasteiger partial charge in [-0.25, -0.2) is 0 Å². The van der Waals surface area contributed by atoms with Gasteiger partial charge in [0.15, 0.2) is 0 Å². The van der Waals surface area contributed by atoms with Crippen LogP contribution >= 0.6 is 11.8 Å². The molecule has 0 aliphatic carbocycles. The maximum atomic E-state index is 2.74. The third-order valence-corrected chi connectivity index (χ3v) is 5.59. The van der Waals surface area contributed by atoms with Crippen molar-refractivity contribution in [1.29, 1.82) is 0 Å². The molecule has 0 spiro atoms. The fourth-order valence-corrected chi connectivity index (χ4v) is 4.27. The van der Waals surface area contributed by atoms with Crippen molar-refractivity contribution in [1.82, 2.24) is 9.80 Å². The van der Waals surface area contributed by atoms with E-state index in [1.807, 2.05) is 0 Å². The van der Waals surface area contributed by atoms with Crippen molar-refractivity contribution in [3.05, 3.63) is 35.4 Å². The zero-order valence-electron chi connectivity index (χ0n) is 12.6. The Morgan fingerprint density at radius 2 is 1.65 bits per heavy atom. The molecule has 2 heterocycles. The number of hydrogen-bond donors (Lipinski definition) is 0. The number of aryl methyl sites for hydroxylation is 1. The molecule has 2 nitrogen and oxygen atoms in total. The zero-order valence-corrected chi connectivity index (χ0v) is 13.4. The van der Waals surface area contributed by atoms with E-state index in [1.54, 1.807) is 0 Å². The second-order valence-electron chi connectivity index (χ2n) is 6.14. The smallest absolute Gasteiger partial charge is 0.0233 e. The summed E-state index contributed by atoms with van der Waals surface area (Å²) in [5, 5.41) is 0. The normalized spacial score (nSPS) is 23.1. The maximum Gasteiger partial charge on any atom is 0.0233 e. The third-order valence-electron chi connectivity index (χ3n) is 4.65. The molecule has 2 aliphatic heterocycles. The molecule has 0 atom stereocenters. The van der Waals surface area contributed by atoms with Gasteiger partial charge in [-0.3, -0.25) is 9.80 Å². The van der Waals surface area contributed by atoms with E-state index in [1.165, 1.54) is 61.7 Å². The van der Waals surface area contributed by atoms with E-state index in [2.05, 4.69) is 52.8 Å². The Morgan fingerprint density at radius 3 is 2.30 bits per heavy atom. The summed E-state index contributed by atoms with van der Waals surface area (Å²) >= 11 is 2.11. The van der Waals surface area contributed by atoms with Crippen LogP contribution < -0.4 is 0 Å². The molecular formula is C17H26N2S. The Balaban J connectivity index is 1.47. The van der Waals surface area contributed by atoms with Crippen LogP contribution in [0.15, 0.2) is 24.3 Å². The number of hydrogen-bond acceptors (Lipinski definition) is 3. The van der Waals surface area contributed by atoms with Crippen LogP contribution in [-0.2, 0) is 6.54 Å². The highest BCUT2D eigenvalue weighted by atomic mass is 32.2. The molecule has 3 heteroatoms. The van der Waals surface area contributed by atoms with Gasteiger partial charge in [-0.1, -0.05) is 29.8 Å². The minimum absolute atomic E-state index is 0.852. The van der Waals surface area contributed by atoms with Gasteiger partial charge in [0.2, 0.25) is 0 Å². The van der Waals surface area contributed by atoms with Crippen LogP contribution in [0.1, 0.15) is 24.0 Å². The van der Waals surface area contributed by atoms with Gasteiger partial charge >= 0.3 is 0 Å². The highest BCUT2D eigenvalue weighted by Crippen LogP contribution is 2.21. The van der Waals surface area contributed by atoms with Crippen molar-refractivity contribution in [2.75, 3.05) is 37.7 Å². The average molecular weight is 290 g/mol. The lowest BCUT2D eigenvalue weighted by Crippen LogP contribution is -2.47. The summed E-state index contributed by atoms with van der Waals surface area (Å²) in [6, 6.07) is 9.87. The molecular weight excluding hydrogens is 264 g/mol. The fourth-order valence-electron chi connectivity index (χ4n) is 3.34. The summed E-state index contributed by atoms with van der Waals surface area (Å²) in [5.41, 5.74) is 2.82. The van der Waals surface area contributed by atoms with Gasteiger partial charge in [0, 0.05) is 37.2 Å². The van der Waals surface area contributed by atoms with Crippen molar-refractivity contribution in [3.63, 3.8) is 0 Å². The second kappa shape index (κ2) is 6.97. The maximum absolute atomic E-state index is 2.74. The predicted octanol–water partition coefficient (Wildman–Crippen LogP) is 3.01. The molecule has 0 bridgehead atoms. The highest BCUT2D eigenvalue weighted by Gasteiger charge is 2.25. The molecule has 0 N–H and O–H groups in total. The summed E-state index contributed by atoms with van der Waals surface area (Å²) in [7, 11) is 0. The van der Waals surface area contributed by atoms with Crippen molar-refractivity contribution in [2.45, 2.75) is 32.4 Å². The van der Waals surface area contributed by atoms with Crippen molar-refractivity contribution >= 4 is 11.8 Å². The van der Waals surface area contributed by atoms with Crippen LogP contribution in [0.2, 0.25) is 0 Å². The van der Waals surface area contributed by atoms with Crippen LogP contribution in [0.5, 0.6) is 0 Å². The first kappa shape index (κ1) is 14.4. The lowest BCUT2D eigenvalue weighted by atomic mass is 10.0. The van der Waals surface area contributed by atoms with E-state index in [0.717, 1.165) is 12.6 Å². The molecule has 0 radical (unpaired) electrons. The fraction of sp³-hybridized carbons (Fsp3) is 0.647. The first-order chi connectivity index (χ1) is 9.81. The predicted molar refractivity (Wildman–Crippen MR) is 88.4 cm³/mol. The van der Waals surface area contributed by atoms with E-state index >= 15 is 0 Å². The Kier molecular flexibility index (Phi) is 5.03. The van der Waals surface area contributed by atoms with Crippen molar-refractivity contribution in [3.8, 4) is 0 Å². The zero-order chi connectivity index (χ0) is 13.8. The quantitative estimate of drug-likeness (QED) is 0.845. The summed E-state index contributed by atoms with van der Waals surface area (Å²) < 4.78 is 0. The van der Waals surface area contributed by atoms with Gasteiger partial charge in [0.1, 0.15) is 0 Å². The van der Waals surface area contributed by atoms with E-state index in [-0.39, 0.29) is 0 Å². The van der Waals surface area contributed by atoms with Crippen molar-refractivity contribution < 1.29 is 0 Å². The molecule has 0 amide bonds. The lowest BCUT2D eigenvalue weighted by molar-refractivity contribution is 0.112. The van der Waals surface area contributed by atoms with Gasteiger partial charge in [-0.2, -0.15) is 11.8 Å². The molecule has 20 heavy (non-hydrogen) atoms. The molecule has 1 aromatic rings. The number of likely N-dealkylation sites (tertiary alicyclic amines) is 1. The van der Waals surface area contributed by atoms with Gasteiger partial charge in [-0.15, -0.1) is 0 Å². The lowest BCUT2D eigenvalue weighted by Gasteiger charge is -2.40. The van der Waals surface area contributed by atoms with Gasteiger partial charge in [0.05, 0.1) is 0 Å². The summed E-state index contributed by atoms with van der Waals surface area (Å²) in [6.45, 7) is 8.44. The molecule has 3 rings (SSSR count). The van der Waals surface area contributed by atoms with Gasteiger partial charge < -0.3 is 0 Å². The first-order valence-electron chi connectivity index (χ1n) is 7.91. The van der Waals surface area contributed by atoms with Gasteiger partial charge in [-0.05, 0) is 38.4 Å². The Labute approximate surface area is 127 Å². The average Bonchev–Trinajstić information content (AvgIpc) is 2.51. The number of rotatable bonds is 3. The molecule has 2 fully saturated rings. The molecule has 1 aromatic carbocycles. The van der Waals surface area contributed by atoms with Crippen LogP contribution in [0.4, 0.5) is 0 Å². The first-order valence-corrected chi connectivity index (χ1v) is 9.06. The van der Waals surface area contributed by atoms with Crippen LogP contribution in [0, 0.1) is 6.92 Å². The topological polar surface area (TPSA) is 6.48 Å². The largest absolute Gasteiger partial charge is 0.299 e. The molecule has 0 unspecified atom stereocenters. The molecule has 2 aliphatic rings. The summed E-state index contributed by atoms with van der Waals surface area (Å²) in [6.07, 6.45) is 2.72. The Bertz CT molecular complexity index is 404. The summed E-state index contributed by atoms with van der Waals surface area (Å²) in [5.74, 6) is 2.67. The van der Waals surface area contributed by atoms with Gasteiger partial charge in [0.25, 0.3) is 0 Å². The number of nitrogens with zero attached hydrogens (tertiary/aromatic N) is 2. The number of thioether (sulfide) groups is 1. The van der Waals surface area contributed by atoms with Crippen LogP contribution in [0.25, 0.3) is 0 Å². The molecule has 0 aromatic heterocycles. The molecule has 2 saturated heterocycles. The standard InChI is InChI=1S/C17H26N2S/c1-15-2-4-16(5-3-15)14-18-8-6-17(7-9-18)19-10-12-20-13-11-19/h2-5,17H,6-14H2,1H3.